The van der Waals surface area contributed by atoms with E-state index in [1.54, 1.807) is 0 Å². The highest BCUT2D eigenvalue weighted by Crippen LogP contribution is 2.59. The smallest absolute Gasteiger partial charge is 0.329 e. The minimum absolute atomic E-state index is 0.0269. The summed E-state index contributed by atoms with van der Waals surface area (Å²) in [5, 5.41) is 2.61. The van der Waals surface area contributed by atoms with Crippen molar-refractivity contribution < 1.29 is 18.0 Å². The molecule has 2 saturated carbocycles. The van der Waals surface area contributed by atoms with Crippen LogP contribution in [-0.4, -0.2) is 15.5 Å². The summed E-state index contributed by atoms with van der Waals surface area (Å²) in [7, 11) is 0. The summed E-state index contributed by atoms with van der Waals surface area (Å²) in [6.45, 7) is -0.226. The number of hydrogen-bond donors (Lipinski definition) is 2. The number of H-pyrrole nitrogens is 1. The molecule has 1 amide bonds. The fourth-order valence-electron chi connectivity index (χ4n) is 5.67. The van der Waals surface area contributed by atoms with Gasteiger partial charge in [0.25, 0.3) is 5.56 Å². The first-order valence-corrected chi connectivity index (χ1v) is 10.9. The third-order valence-corrected chi connectivity index (χ3v) is 7.24. The monoisotopic (exact) mass is 457 g/mol. The van der Waals surface area contributed by atoms with Gasteiger partial charge in [0.15, 0.2) is 0 Å². The Morgan fingerprint density at radius 3 is 2.45 bits per heavy atom. The second kappa shape index (κ2) is 7.90. The second-order valence-electron chi connectivity index (χ2n) is 9.16. The Labute approximate surface area is 186 Å². The van der Waals surface area contributed by atoms with Crippen LogP contribution < -0.4 is 16.6 Å². The Kier molecular flexibility index (Phi) is 5.14. The van der Waals surface area contributed by atoms with E-state index in [2.05, 4.69) is 10.3 Å². The molecule has 2 aromatic carbocycles. The average molecular weight is 457 g/mol. The van der Waals surface area contributed by atoms with Gasteiger partial charge in [0.05, 0.1) is 10.9 Å². The van der Waals surface area contributed by atoms with E-state index in [0.29, 0.717) is 25.2 Å². The number of rotatable bonds is 5. The van der Waals surface area contributed by atoms with Crippen molar-refractivity contribution in [3.8, 4) is 0 Å². The summed E-state index contributed by atoms with van der Waals surface area (Å²) in [6, 6.07) is 5.41. The number of aromatic nitrogens is 2. The van der Waals surface area contributed by atoms with Crippen LogP contribution in [0.4, 0.5) is 13.2 Å². The van der Waals surface area contributed by atoms with Crippen LogP contribution >= 0.6 is 0 Å². The molecular weight excluding hydrogens is 435 g/mol. The van der Waals surface area contributed by atoms with E-state index in [1.165, 1.54) is 12.1 Å². The van der Waals surface area contributed by atoms with Crippen molar-refractivity contribution in [3.63, 3.8) is 0 Å². The van der Waals surface area contributed by atoms with Crippen LogP contribution in [0, 0.1) is 28.8 Å². The molecule has 33 heavy (non-hydrogen) atoms. The SMILES string of the molecule is O=C(NCc1ccc(F)cc1F)C(n1c(=O)[nH]c2ccc(F)cc2c1=O)C12CCC(CC1)C2. The number of carbonyl (C=O) groups excluding carboxylic acids is 1. The molecule has 2 aliphatic rings. The highest BCUT2D eigenvalue weighted by Gasteiger charge is 2.53. The molecule has 1 heterocycles. The molecule has 0 radical (unpaired) electrons. The van der Waals surface area contributed by atoms with Crippen LogP contribution in [0.2, 0.25) is 0 Å². The highest BCUT2D eigenvalue weighted by molar-refractivity contribution is 5.82. The number of halogens is 3. The van der Waals surface area contributed by atoms with Gasteiger partial charge in [-0.2, -0.15) is 0 Å². The second-order valence-corrected chi connectivity index (χ2v) is 9.16. The predicted octanol–water partition coefficient (Wildman–Crippen LogP) is 3.54. The van der Waals surface area contributed by atoms with Gasteiger partial charge >= 0.3 is 5.69 Å². The molecule has 3 aromatic rings. The molecule has 2 aliphatic carbocycles. The minimum atomic E-state index is -1.13. The summed E-state index contributed by atoms with van der Waals surface area (Å²) in [5.74, 6) is -2.34. The molecule has 2 bridgehead atoms. The van der Waals surface area contributed by atoms with Crippen molar-refractivity contribution in [2.45, 2.75) is 44.7 Å². The molecule has 2 fully saturated rings. The lowest BCUT2D eigenvalue weighted by molar-refractivity contribution is -0.128. The number of benzene rings is 2. The van der Waals surface area contributed by atoms with Gasteiger partial charge in [-0.25, -0.2) is 22.5 Å². The zero-order valence-corrected chi connectivity index (χ0v) is 17.7. The molecule has 9 heteroatoms. The Balaban J connectivity index is 1.58. The van der Waals surface area contributed by atoms with E-state index < -0.39 is 46.1 Å². The van der Waals surface area contributed by atoms with E-state index in [9.17, 15) is 27.6 Å². The maximum Gasteiger partial charge on any atom is 0.329 e. The van der Waals surface area contributed by atoms with Gasteiger partial charge in [0.1, 0.15) is 23.5 Å². The summed E-state index contributed by atoms with van der Waals surface area (Å²) in [5.41, 5.74) is -1.82. The number of aromatic amines is 1. The van der Waals surface area contributed by atoms with Crippen molar-refractivity contribution in [1.82, 2.24) is 14.9 Å². The van der Waals surface area contributed by atoms with Crippen LogP contribution in [0.1, 0.15) is 43.7 Å². The molecule has 0 aliphatic heterocycles. The third-order valence-electron chi connectivity index (χ3n) is 7.24. The summed E-state index contributed by atoms with van der Waals surface area (Å²) >= 11 is 0. The van der Waals surface area contributed by atoms with Crippen molar-refractivity contribution in [2.75, 3.05) is 0 Å². The molecule has 6 nitrogen and oxygen atoms in total. The van der Waals surface area contributed by atoms with E-state index >= 15 is 0 Å². The van der Waals surface area contributed by atoms with Crippen LogP contribution in [0.5, 0.6) is 0 Å². The minimum Gasteiger partial charge on any atom is -0.350 e. The van der Waals surface area contributed by atoms with Gasteiger partial charge in [0, 0.05) is 23.6 Å². The number of amides is 1. The number of carbonyl (C=O) groups is 1. The predicted molar refractivity (Wildman–Crippen MR) is 115 cm³/mol. The Hall–Kier alpha value is -3.36. The van der Waals surface area contributed by atoms with E-state index in [1.807, 2.05) is 0 Å². The zero-order chi connectivity index (χ0) is 23.3. The quantitative estimate of drug-likeness (QED) is 0.615. The fraction of sp³-hybridized carbons (Fsp3) is 0.375. The summed E-state index contributed by atoms with van der Waals surface area (Å²) in [6.07, 6.45) is 3.83. The standard InChI is InChI=1S/C24H22F3N3O3/c25-15-3-4-19-17(9-15)22(32)30(23(33)29-19)20(24-7-5-13(11-24)6-8-24)21(31)28-12-14-1-2-16(26)10-18(14)27/h1-4,9-10,13,20H,5-8,11-12H2,(H,28,31)(H,29,33). The van der Waals surface area contributed by atoms with Crippen molar-refractivity contribution in [1.29, 1.82) is 0 Å². The largest absolute Gasteiger partial charge is 0.350 e. The van der Waals surface area contributed by atoms with Gasteiger partial charge in [0.2, 0.25) is 5.91 Å². The van der Waals surface area contributed by atoms with Gasteiger partial charge in [-0.05, 0) is 62.3 Å². The lowest BCUT2D eigenvalue weighted by Crippen LogP contribution is -2.50. The maximum atomic E-state index is 14.1. The van der Waals surface area contributed by atoms with Crippen molar-refractivity contribution in [3.05, 3.63) is 80.3 Å². The fourth-order valence-corrected chi connectivity index (χ4v) is 5.67. The van der Waals surface area contributed by atoms with Gasteiger partial charge in [-0.3, -0.25) is 9.59 Å². The van der Waals surface area contributed by atoms with Crippen LogP contribution in [0.15, 0.2) is 46.0 Å². The first-order chi connectivity index (χ1) is 15.8. The molecule has 2 N–H and O–H groups in total. The number of fused-ring (bicyclic) bond motifs is 3. The van der Waals surface area contributed by atoms with E-state index in [0.717, 1.165) is 41.7 Å². The number of nitrogens with one attached hydrogen (secondary N) is 2. The lowest BCUT2D eigenvalue weighted by atomic mass is 9.76. The summed E-state index contributed by atoms with van der Waals surface area (Å²) in [4.78, 5) is 42.4. The van der Waals surface area contributed by atoms with Crippen LogP contribution in [-0.2, 0) is 11.3 Å². The third kappa shape index (κ3) is 3.65. The molecule has 5 rings (SSSR count). The number of nitrogens with zero attached hydrogens (tertiary/aromatic N) is 1. The Morgan fingerprint density at radius 1 is 1.09 bits per heavy atom. The molecule has 1 aromatic heterocycles. The molecule has 1 atom stereocenters. The van der Waals surface area contributed by atoms with Gasteiger partial charge in [-0.1, -0.05) is 6.07 Å². The average Bonchev–Trinajstić information content (AvgIpc) is 3.38. The Morgan fingerprint density at radius 2 is 1.79 bits per heavy atom. The van der Waals surface area contributed by atoms with Crippen molar-refractivity contribution in [2.24, 2.45) is 11.3 Å². The first kappa shape index (κ1) is 21.5. The molecule has 0 saturated heterocycles. The number of hydrogen-bond acceptors (Lipinski definition) is 3. The summed E-state index contributed by atoms with van der Waals surface area (Å²) < 4.78 is 42.0. The maximum absolute atomic E-state index is 14.1. The molecule has 172 valence electrons. The van der Waals surface area contributed by atoms with Crippen LogP contribution in [0.3, 0.4) is 0 Å². The zero-order valence-electron chi connectivity index (χ0n) is 17.7. The van der Waals surface area contributed by atoms with Crippen molar-refractivity contribution >= 4 is 16.8 Å². The first-order valence-electron chi connectivity index (χ1n) is 10.9. The topological polar surface area (TPSA) is 84.0 Å². The molecule has 1 unspecified atom stereocenters. The van der Waals surface area contributed by atoms with E-state index in [-0.39, 0.29) is 23.0 Å². The highest BCUT2D eigenvalue weighted by atomic mass is 19.1. The van der Waals surface area contributed by atoms with Gasteiger partial charge < -0.3 is 10.3 Å². The molecule has 0 spiro atoms. The molecular formula is C24H22F3N3O3. The van der Waals surface area contributed by atoms with Crippen LogP contribution in [0.25, 0.3) is 10.9 Å². The van der Waals surface area contributed by atoms with E-state index in [4.69, 9.17) is 0 Å². The van der Waals surface area contributed by atoms with Gasteiger partial charge in [-0.15, -0.1) is 0 Å². The lowest BCUT2D eigenvalue weighted by Gasteiger charge is -2.35. The Bertz CT molecular complexity index is 1370. The normalized spacial score (nSPS) is 22.6.